The van der Waals surface area contributed by atoms with E-state index in [0.717, 1.165) is 25.7 Å². The van der Waals surface area contributed by atoms with E-state index in [2.05, 4.69) is 10.6 Å². The number of hydrogen-bond acceptors (Lipinski definition) is 4. The van der Waals surface area contributed by atoms with Gasteiger partial charge in [-0.15, -0.1) is 0 Å². The molecular formula is C13H18N2O4S. The first-order valence-electron chi connectivity index (χ1n) is 6.42. The molecule has 0 aliphatic carbocycles. The van der Waals surface area contributed by atoms with Crippen molar-refractivity contribution in [3.05, 3.63) is 24.3 Å². The number of rotatable bonds is 4. The van der Waals surface area contributed by atoms with Crippen LogP contribution in [0.3, 0.4) is 0 Å². The third-order valence-corrected chi connectivity index (χ3v) is 4.18. The van der Waals surface area contributed by atoms with Gasteiger partial charge in [-0.2, -0.15) is 0 Å². The van der Waals surface area contributed by atoms with E-state index >= 15 is 0 Å². The Labute approximate surface area is 118 Å². The van der Waals surface area contributed by atoms with Crippen LogP contribution < -0.4 is 10.6 Å². The second kappa shape index (κ2) is 6.23. The van der Waals surface area contributed by atoms with Crippen LogP contribution in [-0.4, -0.2) is 40.0 Å². The molecule has 20 heavy (non-hydrogen) atoms. The Kier molecular flexibility index (Phi) is 4.61. The fourth-order valence-corrected chi connectivity index (χ4v) is 2.60. The van der Waals surface area contributed by atoms with Crippen molar-refractivity contribution in [2.45, 2.75) is 23.8 Å². The van der Waals surface area contributed by atoms with Crippen LogP contribution in [-0.2, 0) is 14.6 Å². The van der Waals surface area contributed by atoms with Gasteiger partial charge in [0, 0.05) is 25.1 Å². The zero-order valence-corrected chi connectivity index (χ0v) is 12.1. The van der Waals surface area contributed by atoms with E-state index < -0.39 is 9.84 Å². The Morgan fingerprint density at radius 3 is 2.60 bits per heavy atom. The van der Waals surface area contributed by atoms with Crippen LogP contribution in [0.25, 0.3) is 0 Å². The van der Waals surface area contributed by atoms with Crippen LogP contribution in [0.5, 0.6) is 0 Å². The molecule has 0 aromatic heterocycles. The van der Waals surface area contributed by atoms with E-state index in [9.17, 15) is 13.2 Å². The number of sulfone groups is 1. The van der Waals surface area contributed by atoms with Crippen molar-refractivity contribution in [1.82, 2.24) is 5.32 Å². The van der Waals surface area contributed by atoms with E-state index in [1.54, 1.807) is 12.1 Å². The van der Waals surface area contributed by atoms with Gasteiger partial charge in [0.2, 0.25) is 0 Å². The lowest BCUT2D eigenvalue weighted by atomic mass is 10.2. The third-order valence-electron chi connectivity index (χ3n) is 3.05. The maximum atomic E-state index is 11.7. The molecular weight excluding hydrogens is 280 g/mol. The summed E-state index contributed by atoms with van der Waals surface area (Å²) in [5.41, 5.74) is 0.544. The number of hydrogen-bond donors (Lipinski definition) is 2. The summed E-state index contributed by atoms with van der Waals surface area (Å²) < 4.78 is 28.0. The van der Waals surface area contributed by atoms with Crippen LogP contribution in [0.4, 0.5) is 10.5 Å². The molecule has 2 rings (SSSR count). The summed E-state index contributed by atoms with van der Waals surface area (Å²) in [6.07, 6.45) is 3.22. The molecule has 0 bridgehead atoms. The monoisotopic (exact) mass is 298 g/mol. The highest BCUT2D eigenvalue weighted by Gasteiger charge is 2.16. The number of carbonyl (C=O) groups excluding carboxylic acids is 1. The maximum Gasteiger partial charge on any atom is 0.319 e. The maximum absolute atomic E-state index is 11.7. The lowest BCUT2D eigenvalue weighted by molar-refractivity contribution is 0.112. The van der Waals surface area contributed by atoms with Gasteiger partial charge in [-0.3, -0.25) is 0 Å². The molecule has 0 saturated carbocycles. The summed E-state index contributed by atoms with van der Waals surface area (Å²) in [6.45, 7) is 1.23. The molecule has 1 atom stereocenters. The molecule has 1 fully saturated rings. The number of urea groups is 1. The second-order valence-corrected chi connectivity index (χ2v) is 6.78. The highest BCUT2D eigenvalue weighted by molar-refractivity contribution is 7.90. The lowest BCUT2D eigenvalue weighted by Crippen LogP contribution is -2.35. The van der Waals surface area contributed by atoms with Gasteiger partial charge in [-0.05, 0) is 37.1 Å². The molecule has 6 nitrogen and oxygen atoms in total. The van der Waals surface area contributed by atoms with Crippen LogP contribution >= 0.6 is 0 Å². The van der Waals surface area contributed by atoms with Crippen molar-refractivity contribution in [2.24, 2.45) is 0 Å². The summed E-state index contributed by atoms with van der Waals surface area (Å²) in [4.78, 5) is 11.9. The number of ether oxygens (including phenoxy) is 1. The van der Waals surface area contributed by atoms with Gasteiger partial charge in [0.25, 0.3) is 0 Å². The molecule has 110 valence electrons. The first kappa shape index (κ1) is 14.8. The van der Waals surface area contributed by atoms with Crippen molar-refractivity contribution < 1.29 is 17.9 Å². The minimum Gasteiger partial charge on any atom is -0.376 e. The van der Waals surface area contributed by atoms with Crippen molar-refractivity contribution in [3.63, 3.8) is 0 Å². The highest BCUT2D eigenvalue weighted by atomic mass is 32.2. The lowest BCUT2D eigenvalue weighted by Gasteiger charge is -2.11. The quantitative estimate of drug-likeness (QED) is 0.879. The number of nitrogens with one attached hydrogen (secondary N) is 2. The Balaban J connectivity index is 1.84. The molecule has 0 spiro atoms. The number of benzene rings is 1. The van der Waals surface area contributed by atoms with Crippen molar-refractivity contribution >= 4 is 21.6 Å². The Morgan fingerprint density at radius 1 is 1.35 bits per heavy atom. The molecule has 7 heteroatoms. The smallest absolute Gasteiger partial charge is 0.319 e. The SMILES string of the molecule is CS(=O)(=O)c1ccc(NC(=O)NC[C@H]2CCCO2)cc1. The van der Waals surface area contributed by atoms with Gasteiger partial charge < -0.3 is 15.4 Å². The molecule has 1 aromatic carbocycles. The van der Waals surface area contributed by atoms with Gasteiger partial charge in [0.05, 0.1) is 11.0 Å². The van der Waals surface area contributed by atoms with E-state index in [-0.39, 0.29) is 17.0 Å². The zero-order chi connectivity index (χ0) is 14.6. The Bertz CT molecular complexity index is 563. The standard InChI is InChI=1S/C13H18N2O4S/c1-20(17,18)12-6-4-10(5-7-12)15-13(16)14-9-11-3-2-8-19-11/h4-7,11H,2-3,8-9H2,1H3,(H2,14,15,16)/t11-/m1/s1. The largest absolute Gasteiger partial charge is 0.376 e. The normalized spacial score (nSPS) is 18.8. The molecule has 2 N–H and O–H groups in total. The fourth-order valence-electron chi connectivity index (χ4n) is 1.97. The molecule has 1 aliphatic heterocycles. The van der Waals surface area contributed by atoms with Gasteiger partial charge in [-0.1, -0.05) is 0 Å². The second-order valence-electron chi connectivity index (χ2n) is 4.77. The summed E-state index contributed by atoms with van der Waals surface area (Å²) in [7, 11) is -3.21. The van der Waals surface area contributed by atoms with Gasteiger partial charge in [0.15, 0.2) is 9.84 Å². The van der Waals surface area contributed by atoms with Gasteiger partial charge >= 0.3 is 6.03 Å². The van der Waals surface area contributed by atoms with Gasteiger partial charge in [-0.25, -0.2) is 13.2 Å². The molecule has 0 radical (unpaired) electrons. The molecule has 1 aliphatic rings. The first-order chi connectivity index (χ1) is 9.45. The average Bonchev–Trinajstić information content (AvgIpc) is 2.89. The van der Waals surface area contributed by atoms with Crippen molar-refractivity contribution in [2.75, 3.05) is 24.7 Å². The number of carbonyl (C=O) groups is 1. The van der Waals surface area contributed by atoms with Crippen LogP contribution in [0, 0.1) is 0 Å². The minimum absolute atomic E-state index is 0.0911. The predicted octanol–water partition coefficient (Wildman–Crippen LogP) is 1.39. The summed E-state index contributed by atoms with van der Waals surface area (Å²) in [5.74, 6) is 0. The summed E-state index contributed by atoms with van der Waals surface area (Å²) in [5, 5.41) is 5.37. The van der Waals surface area contributed by atoms with E-state index in [0.29, 0.717) is 12.2 Å². The number of anilines is 1. The van der Waals surface area contributed by atoms with Crippen LogP contribution in [0.2, 0.25) is 0 Å². The van der Waals surface area contributed by atoms with Crippen LogP contribution in [0.1, 0.15) is 12.8 Å². The molecule has 2 amide bonds. The molecule has 1 heterocycles. The minimum atomic E-state index is -3.21. The average molecular weight is 298 g/mol. The van der Waals surface area contributed by atoms with Crippen molar-refractivity contribution in [1.29, 1.82) is 0 Å². The zero-order valence-electron chi connectivity index (χ0n) is 11.3. The van der Waals surface area contributed by atoms with E-state index in [1.165, 1.54) is 12.1 Å². The highest BCUT2D eigenvalue weighted by Crippen LogP contribution is 2.14. The van der Waals surface area contributed by atoms with Crippen LogP contribution in [0.15, 0.2) is 29.2 Å². The Hall–Kier alpha value is -1.60. The van der Waals surface area contributed by atoms with E-state index in [4.69, 9.17) is 4.74 Å². The van der Waals surface area contributed by atoms with Crippen molar-refractivity contribution in [3.8, 4) is 0 Å². The topological polar surface area (TPSA) is 84.5 Å². The summed E-state index contributed by atoms with van der Waals surface area (Å²) in [6, 6.07) is 5.72. The third kappa shape index (κ3) is 4.21. The number of amides is 2. The molecule has 0 unspecified atom stereocenters. The first-order valence-corrected chi connectivity index (χ1v) is 8.31. The Morgan fingerprint density at radius 2 is 2.05 bits per heavy atom. The molecule has 1 aromatic rings. The van der Waals surface area contributed by atoms with E-state index in [1.807, 2.05) is 0 Å². The summed E-state index contributed by atoms with van der Waals surface area (Å²) >= 11 is 0. The molecule has 1 saturated heterocycles. The predicted molar refractivity (Wildman–Crippen MR) is 75.5 cm³/mol. The van der Waals surface area contributed by atoms with Gasteiger partial charge in [0.1, 0.15) is 0 Å². The fraction of sp³-hybridized carbons (Fsp3) is 0.462.